The van der Waals surface area contributed by atoms with Crippen molar-refractivity contribution in [3.8, 4) is 17.2 Å². The van der Waals surface area contributed by atoms with Crippen LogP contribution in [-0.4, -0.2) is 80.3 Å². The van der Waals surface area contributed by atoms with Crippen LogP contribution in [0, 0.1) is 0 Å². The molecule has 2 aromatic heterocycles. The monoisotopic (exact) mass is 677 g/mol. The second-order valence-corrected chi connectivity index (χ2v) is 13.0. The summed E-state index contributed by atoms with van der Waals surface area (Å²) >= 11 is 6.43. The second-order valence-electron chi connectivity index (χ2n) is 10.8. The van der Waals surface area contributed by atoms with Crippen LogP contribution in [0.15, 0.2) is 94.9 Å². The quantitative estimate of drug-likeness (QED) is 0.227. The van der Waals surface area contributed by atoms with E-state index in [-0.39, 0.29) is 32.6 Å². The highest BCUT2D eigenvalue weighted by Gasteiger charge is 2.36. The fraction of sp³-hybridized carbons (Fsp3) is 0.242. The third-order valence-corrected chi connectivity index (χ3v) is 10.2. The summed E-state index contributed by atoms with van der Waals surface area (Å²) in [6.45, 7) is 1.84. The molecule has 12 nitrogen and oxygen atoms in total. The molecular formula is C33H32ClN5O7S. The van der Waals surface area contributed by atoms with Gasteiger partial charge in [-0.3, -0.25) is 14.3 Å². The van der Waals surface area contributed by atoms with Crippen molar-refractivity contribution in [2.45, 2.75) is 10.9 Å². The normalized spacial score (nSPS) is 14.2. The summed E-state index contributed by atoms with van der Waals surface area (Å²) in [5.74, 6) is 0.440. The van der Waals surface area contributed by atoms with Gasteiger partial charge in [-0.2, -0.15) is 3.97 Å². The van der Waals surface area contributed by atoms with E-state index in [0.717, 1.165) is 5.69 Å². The Kier molecular flexibility index (Phi) is 8.84. The first kappa shape index (κ1) is 32.0. The number of pyridine rings is 1. The van der Waals surface area contributed by atoms with Gasteiger partial charge in [0.2, 0.25) is 0 Å². The number of ether oxygens (including phenoxy) is 3. The van der Waals surface area contributed by atoms with Gasteiger partial charge in [0, 0.05) is 55.3 Å². The van der Waals surface area contributed by atoms with Gasteiger partial charge in [0.25, 0.3) is 15.9 Å². The molecule has 1 saturated heterocycles. The number of halogens is 1. The minimum Gasteiger partial charge on any atom is -0.497 e. The van der Waals surface area contributed by atoms with Crippen LogP contribution in [0.1, 0.15) is 11.6 Å². The Bertz CT molecular complexity index is 2110. The highest BCUT2D eigenvalue weighted by atomic mass is 35.5. The van der Waals surface area contributed by atoms with E-state index in [0.29, 0.717) is 47.2 Å². The highest BCUT2D eigenvalue weighted by Crippen LogP contribution is 2.34. The van der Waals surface area contributed by atoms with Crippen molar-refractivity contribution in [2.75, 3.05) is 52.4 Å². The smallest absolute Gasteiger partial charge is 0.344 e. The van der Waals surface area contributed by atoms with E-state index in [1.165, 1.54) is 62.3 Å². The zero-order valence-electron chi connectivity index (χ0n) is 25.9. The largest absolute Gasteiger partial charge is 0.497 e. The van der Waals surface area contributed by atoms with E-state index in [9.17, 15) is 18.0 Å². The summed E-state index contributed by atoms with van der Waals surface area (Å²) in [5, 5.41) is 0.255. The molecule has 3 heterocycles. The van der Waals surface area contributed by atoms with Crippen LogP contribution in [0.3, 0.4) is 0 Å². The van der Waals surface area contributed by atoms with E-state index in [1.807, 2.05) is 12.1 Å². The average Bonchev–Trinajstić information content (AvgIpc) is 3.39. The molecule has 1 aliphatic heterocycles. The molecular weight excluding hydrogens is 646 g/mol. The Morgan fingerprint density at radius 1 is 0.830 bits per heavy atom. The number of benzene rings is 3. The highest BCUT2D eigenvalue weighted by molar-refractivity contribution is 7.90. The number of fused-ring (bicyclic) bond motifs is 1. The summed E-state index contributed by atoms with van der Waals surface area (Å²) in [5.41, 5.74) is 0.684. The van der Waals surface area contributed by atoms with Gasteiger partial charge in [0.1, 0.15) is 28.2 Å². The first-order valence-electron chi connectivity index (χ1n) is 14.7. The summed E-state index contributed by atoms with van der Waals surface area (Å²) in [6.07, 6.45) is 3.43. The first-order chi connectivity index (χ1) is 22.7. The summed E-state index contributed by atoms with van der Waals surface area (Å²) < 4.78 is 46.6. The molecule has 0 aliphatic carbocycles. The van der Waals surface area contributed by atoms with Gasteiger partial charge in [0.05, 0.1) is 32.4 Å². The SMILES string of the molecule is COc1cccc(C(C(=O)N2CCN(c3ccncc3)CC2)n2c(=O)n(S(=O)(=O)c3ccc(OC)cc3OC)c3ccc(Cl)cc32)c1. The third kappa shape index (κ3) is 5.87. The van der Waals surface area contributed by atoms with Crippen LogP contribution in [0.4, 0.5) is 5.69 Å². The molecule has 0 bridgehead atoms. The van der Waals surface area contributed by atoms with Crippen molar-refractivity contribution >= 4 is 44.3 Å². The second kappa shape index (κ2) is 13.0. The van der Waals surface area contributed by atoms with Crippen LogP contribution in [0.2, 0.25) is 5.02 Å². The number of carbonyl (C=O) groups is 1. The van der Waals surface area contributed by atoms with Crippen molar-refractivity contribution in [1.29, 1.82) is 0 Å². The standard InChI is InChI=1S/C33H32ClN5O7S/c1-44-25-6-4-5-22(19-25)31(32(40)37-17-15-36(16-18-37)24-11-13-35-14-12-24)38-28-20-23(34)7-9-27(28)39(33(38)41)47(42,43)30-10-8-26(45-2)21-29(30)46-3/h4-14,19-21,31H,15-18H2,1-3H3. The van der Waals surface area contributed by atoms with E-state index in [4.69, 9.17) is 25.8 Å². The molecule has 1 aliphatic rings. The minimum absolute atomic E-state index is 0.0152. The molecule has 0 N–H and O–H groups in total. The molecule has 244 valence electrons. The van der Waals surface area contributed by atoms with Crippen molar-refractivity contribution in [1.82, 2.24) is 18.4 Å². The number of piperazine rings is 1. The molecule has 1 amide bonds. The molecule has 3 aromatic carbocycles. The lowest BCUT2D eigenvalue weighted by Gasteiger charge is -2.37. The average molecular weight is 678 g/mol. The number of carbonyl (C=O) groups excluding carboxylic acids is 1. The van der Waals surface area contributed by atoms with Gasteiger partial charge < -0.3 is 24.0 Å². The maximum absolute atomic E-state index is 14.6. The molecule has 1 fully saturated rings. The predicted molar refractivity (Wildman–Crippen MR) is 178 cm³/mol. The number of amides is 1. The van der Waals surface area contributed by atoms with Crippen molar-refractivity contribution in [2.24, 2.45) is 0 Å². The molecule has 0 saturated carbocycles. The molecule has 5 aromatic rings. The minimum atomic E-state index is -4.57. The van der Waals surface area contributed by atoms with Crippen molar-refractivity contribution in [3.05, 3.63) is 106 Å². The van der Waals surface area contributed by atoms with E-state index >= 15 is 0 Å². The maximum Gasteiger partial charge on any atom is 0.344 e. The number of methoxy groups -OCH3 is 3. The number of nitrogens with zero attached hydrogens (tertiary/aromatic N) is 5. The number of anilines is 1. The number of rotatable bonds is 9. The third-order valence-electron chi connectivity index (χ3n) is 8.21. The zero-order valence-corrected chi connectivity index (χ0v) is 27.4. The van der Waals surface area contributed by atoms with Gasteiger partial charge in [-0.15, -0.1) is 0 Å². The van der Waals surface area contributed by atoms with E-state index in [1.54, 1.807) is 41.6 Å². The first-order valence-corrected chi connectivity index (χ1v) is 16.5. The van der Waals surface area contributed by atoms with E-state index < -0.39 is 21.8 Å². The van der Waals surface area contributed by atoms with Crippen LogP contribution in [-0.2, 0) is 14.8 Å². The lowest BCUT2D eigenvalue weighted by molar-refractivity contribution is -0.133. The molecule has 0 spiro atoms. The van der Waals surface area contributed by atoms with Crippen LogP contribution < -0.4 is 24.8 Å². The lowest BCUT2D eigenvalue weighted by atomic mass is 10.0. The Morgan fingerprint density at radius 2 is 1.53 bits per heavy atom. The number of hydrogen-bond donors (Lipinski definition) is 0. The van der Waals surface area contributed by atoms with Gasteiger partial charge in [0.15, 0.2) is 0 Å². The van der Waals surface area contributed by atoms with E-state index in [2.05, 4.69) is 9.88 Å². The fourth-order valence-corrected chi connectivity index (χ4v) is 7.57. The Morgan fingerprint density at radius 3 is 2.21 bits per heavy atom. The topological polar surface area (TPSA) is 125 Å². The van der Waals surface area contributed by atoms with Gasteiger partial charge in [-0.1, -0.05) is 23.7 Å². The number of aromatic nitrogens is 3. The van der Waals surface area contributed by atoms with Gasteiger partial charge in [-0.05, 0) is 60.2 Å². The zero-order chi connectivity index (χ0) is 33.3. The van der Waals surface area contributed by atoms with Crippen molar-refractivity contribution in [3.63, 3.8) is 0 Å². The number of hydrogen-bond acceptors (Lipinski definition) is 9. The summed E-state index contributed by atoms with van der Waals surface area (Å²) in [6, 6.07) is 18.0. The summed E-state index contributed by atoms with van der Waals surface area (Å²) in [4.78, 5) is 36.8. The van der Waals surface area contributed by atoms with Crippen LogP contribution in [0.5, 0.6) is 17.2 Å². The number of imidazole rings is 1. The molecule has 47 heavy (non-hydrogen) atoms. The Labute approximate surface area is 276 Å². The molecule has 6 rings (SSSR count). The Hall–Kier alpha value is -5.01. The van der Waals surface area contributed by atoms with Crippen molar-refractivity contribution < 1.29 is 27.4 Å². The van der Waals surface area contributed by atoms with Crippen LogP contribution >= 0.6 is 11.6 Å². The molecule has 0 radical (unpaired) electrons. The van der Waals surface area contributed by atoms with Crippen LogP contribution in [0.25, 0.3) is 11.0 Å². The lowest BCUT2D eigenvalue weighted by Crippen LogP contribution is -2.51. The predicted octanol–water partition coefficient (Wildman–Crippen LogP) is 4.05. The molecule has 1 atom stereocenters. The Balaban J connectivity index is 1.52. The van der Waals surface area contributed by atoms with Gasteiger partial charge in [-0.25, -0.2) is 13.2 Å². The maximum atomic E-state index is 14.6. The summed E-state index contributed by atoms with van der Waals surface area (Å²) in [7, 11) is -0.305. The fourth-order valence-electron chi connectivity index (χ4n) is 5.86. The molecule has 14 heteroatoms. The van der Waals surface area contributed by atoms with Gasteiger partial charge >= 0.3 is 5.69 Å². The molecule has 1 unspecified atom stereocenters.